The number of hydrogen-bond donors (Lipinski definition) is 3. The van der Waals surface area contributed by atoms with Gasteiger partial charge in [0.2, 0.25) is 0 Å². The normalized spacial score (nSPS) is 19.2. The van der Waals surface area contributed by atoms with Gasteiger partial charge in [0.05, 0.1) is 7.11 Å². The Morgan fingerprint density at radius 1 is 1.03 bits per heavy atom. The van der Waals surface area contributed by atoms with Crippen LogP contribution in [0.25, 0.3) is 0 Å². The maximum Gasteiger partial charge on any atom is 0.325 e. The number of nitrogens with zero attached hydrogens (tertiary/aromatic N) is 3. The molecule has 33 heavy (non-hydrogen) atoms. The van der Waals surface area contributed by atoms with Crippen LogP contribution in [-0.2, 0) is 4.79 Å². The number of amidine groups is 1. The lowest BCUT2D eigenvalue weighted by Gasteiger charge is -2.44. The summed E-state index contributed by atoms with van der Waals surface area (Å²) < 4.78 is 5.43. The van der Waals surface area contributed by atoms with Gasteiger partial charge >= 0.3 is 5.97 Å². The van der Waals surface area contributed by atoms with E-state index in [-0.39, 0.29) is 5.84 Å². The minimum atomic E-state index is -0.831. The number of likely N-dealkylation sites (tertiary alicyclic amines) is 1. The highest BCUT2D eigenvalue weighted by Gasteiger charge is 2.34. The predicted octanol–water partition coefficient (Wildman–Crippen LogP) is 2.39. The Labute approximate surface area is 195 Å². The second kappa shape index (κ2) is 10.2. The number of methoxy groups -OCH3 is 1. The van der Waals surface area contributed by atoms with Crippen molar-refractivity contribution in [1.82, 2.24) is 9.80 Å². The van der Waals surface area contributed by atoms with E-state index in [9.17, 15) is 9.90 Å². The first-order chi connectivity index (χ1) is 16.0. The number of piperidine rings is 1. The van der Waals surface area contributed by atoms with Gasteiger partial charge in [0, 0.05) is 62.1 Å². The van der Waals surface area contributed by atoms with Gasteiger partial charge in [-0.1, -0.05) is 18.2 Å². The van der Waals surface area contributed by atoms with Crippen molar-refractivity contribution in [3.8, 4) is 5.75 Å². The summed E-state index contributed by atoms with van der Waals surface area (Å²) in [7, 11) is 1.58. The summed E-state index contributed by atoms with van der Waals surface area (Å²) in [6.07, 6.45) is 1.93. The zero-order chi connectivity index (χ0) is 23.4. The molecule has 0 spiro atoms. The third-order valence-corrected chi connectivity index (χ3v) is 6.91. The number of aliphatic carboxylic acids is 1. The molecule has 1 atom stereocenters. The van der Waals surface area contributed by atoms with Gasteiger partial charge in [-0.25, -0.2) is 0 Å². The van der Waals surface area contributed by atoms with E-state index in [0.29, 0.717) is 11.8 Å². The Morgan fingerprint density at radius 3 is 2.24 bits per heavy atom. The van der Waals surface area contributed by atoms with E-state index < -0.39 is 12.0 Å². The number of carboxylic acids is 1. The largest absolute Gasteiger partial charge is 0.496 e. The fraction of sp³-hybridized carbons (Fsp3) is 0.440. The number of nitrogen functional groups attached to an aromatic ring is 1. The minimum Gasteiger partial charge on any atom is -0.496 e. The molecule has 2 aliphatic rings. The van der Waals surface area contributed by atoms with Crippen molar-refractivity contribution < 1.29 is 14.6 Å². The van der Waals surface area contributed by atoms with Gasteiger partial charge < -0.3 is 20.5 Å². The van der Waals surface area contributed by atoms with Gasteiger partial charge in [-0.3, -0.25) is 20.0 Å². The quantitative estimate of drug-likeness (QED) is 0.438. The summed E-state index contributed by atoms with van der Waals surface area (Å²) in [6, 6.07) is 15.1. The van der Waals surface area contributed by atoms with Crippen LogP contribution in [-0.4, -0.2) is 79.1 Å². The molecular weight excluding hydrogens is 418 g/mol. The SMILES string of the molecule is COc1ccccc1C(C(=O)O)N1CCC(N2CCN(c3ccc(C(=N)N)cc3)CC2)CC1. The van der Waals surface area contributed by atoms with Crippen LogP contribution in [0, 0.1) is 5.41 Å². The first-order valence-corrected chi connectivity index (χ1v) is 11.5. The van der Waals surface area contributed by atoms with Crippen molar-refractivity contribution in [2.75, 3.05) is 51.3 Å². The molecule has 0 saturated carbocycles. The number of anilines is 1. The minimum absolute atomic E-state index is 0.0913. The van der Waals surface area contributed by atoms with Crippen molar-refractivity contribution in [2.45, 2.75) is 24.9 Å². The van der Waals surface area contributed by atoms with E-state index >= 15 is 0 Å². The van der Waals surface area contributed by atoms with Crippen LogP contribution in [0.5, 0.6) is 5.75 Å². The first kappa shape index (κ1) is 23.1. The molecule has 2 aliphatic heterocycles. The highest BCUT2D eigenvalue weighted by atomic mass is 16.5. The lowest BCUT2D eigenvalue weighted by atomic mass is 9.97. The molecule has 8 heteroatoms. The summed E-state index contributed by atoms with van der Waals surface area (Å²) in [5.41, 5.74) is 8.18. The van der Waals surface area contributed by atoms with E-state index in [1.54, 1.807) is 7.11 Å². The van der Waals surface area contributed by atoms with E-state index in [1.165, 1.54) is 0 Å². The number of carboxylic acid groups (broad SMARTS) is 1. The first-order valence-electron chi connectivity index (χ1n) is 11.5. The average Bonchev–Trinajstić information content (AvgIpc) is 2.85. The van der Waals surface area contributed by atoms with E-state index in [4.69, 9.17) is 15.9 Å². The van der Waals surface area contributed by atoms with Crippen LogP contribution in [0.1, 0.15) is 30.0 Å². The molecule has 176 valence electrons. The molecule has 0 aliphatic carbocycles. The summed E-state index contributed by atoms with van der Waals surface area (Å²) in [6.45, 7) is 5.41. The lowest BCUT2D eigenvalue weighted by Crippen LogP contribution is -2.54. The third-order valence-electron chi connectivity index (χ3n) is 6.91. The van der Waals surface area contributed by atoms with Crippen LogP contribution < -0.4 is 15.4 Å². The fourth-order valence-electron chi connectivity index (χ4n) is 5.08. The van der Waals surface area contributed by atoms with Gasteiger partial charge in [-0.2, -0.15) is 0 Å². The second-order valence-corrected chi connectivity index (χ2v) is 8.73. The Balaban J connectivity index is 1.33. The van der Waals surface area contributed by atoms with E-state index in [0.717, 1.165) is 68.9 Å². The zero-order valence-corrected chi connectivity index (χ0v) is 19.1. The van der Waals surface area contributed by atoms with Crippen molar-refractivity contribution in [1.29, 1.82) is 5.41 Å². The van der Waals surface area contributed by atoms with Gasteiger partial charge in [-0.15, -0.1) is 0 Å². The molecule has 2 aromatic carbocycles. The van der Waals surface area contributed by atoms with Gasteiger partial charge in [0.25, 0.3) is 0 Å². The number of hydrogen-bond acceptors (Lipinski definition) is 6. The van der Waals surface area contributed by atoms with E-state index in [2.05, 4.69) is 14.7 Å². The maximum atomic E-state index is 12.1. The van der Waals surface area contributed by atoms with Gasteiger partial charge in [-0.05, 0) is 43.2 Å². The summed E-state index contributed by atoms with van der Waals surface area (Å²) in [4.78, 5) is 19.1. The molecule has 4 rings (SSSR count). The predicted molar refractivity (Wildman–Crippen MR) is 129 cm³/mol. The molecule has 8 nitrogen and oxygen atoms in total. The standard InChI is InChI=1S/C25H33N5O3/c1-33-22-5-3-2-4-21(22)23(25(31)32)30-12-10-20(11-13-30)29-16-14-28(15-17-29)19-8-6-18(7-9-19)24(26)27/h2-9,20,23H,10-17H2,1H3,(H3,26,27)(H,31,32). The van der Waals surface area contributed by atoms with Gasteiger partial charge in [0.1, 0.15) is 17.6 Å². The molecule has 0 radical (unpaired) electrons. The van der Waals surface area contributed by atoms with Crippen LogP contribution in [0.15, 0.2) is 48.5 Å². The molecule has 2 fully saturated rings. The number of nitrogens with one attached hydrogen (secondary N) is 1. The Hall–Kier alpha value is -3.10. The topological polar surface area (TPSA) is 106 Å². The summed E-state index contributed by atoms with van der Waals surface area (Å²) in [5, 5.41) is 17.5. The molecule has 0 amide bonds. The third kappa shape index (κ3) is 5.12. The molecule has 2 saturated heterocycles. The van der Waals surface area contributed by atoms with E-state index in [1.807, 2.05) is 48.5 Å². The van der Waals surface area contributed by atoms with Crippen molar-refractivity contribution in [3.05, 3.63) is 59.7 Å². The van der Waals surface area contributed by atoms with Crippen molar-refractivity contribution >= 4 is 17.5 Å². The van der Waals surface area contributed by atoms with Crippen molar-refractivity contribution in [2.24, 2.45) is 5.73 Å². The smallest absolute Gasteiger partial charge is 0.325 e. The molecule has 0 aromatic heterocycles. The van der Waals surface area contributed by atoms with Crippen LogP contribution in [0.3, 0.4) is 0 Å². The highest BCUT2D eigenvalue weighted by molar-refractivity contribution is 5.95. The molecule has 1 unspecified atom stereocenters. The Kier molecular flexibility index (Phi) is 7.15. The monoisotopic (exact) mass is 451 g/mol. The number of para-hydroxylation sites is 1. The number of nitrogens with two attached hydrogens (primary N) is 1. The van der Waals surface area contributed by atoms with Crippen molar-refractivity contribution in [3.63, 3.8) is 0 Å². The molecule has 2 aromatic rings. The molecular formula is C25H33N5O3. The fourth-order valence-corrected chi connectivity index (χ4v) is 5.08. The number of rotatable bonds is 7. The highest BCUT2D eigenvalue weighted by Crippen LogP contribution is 2.32. The summed E-state index contributed by atoms with van der Waals surface area (Å²) >= 11 is 0. The number of ether oxygens (including phenoxy) is 1. The number of carbonyl (C=O) groups is 1. The zero-order valence-electron chi connectivity index (χ0n) is 19.1. The number of piperazine rings is 1. The van der Waals surface area contributed by atoms with Crippen LogP contribution >= 0.6 is 0 Å². The second-order valence-electron chi connectivity index (χ2n) is 8.73. The Bertz CT molecular complexity index is 964. The van der Waals surface area contributed by atoms with Gasteiger partial charge in [0.15, 0.2) is 0 Å². The molecule has 2 heterocycles. The number of benzene rings is 2. The van der Waals surface area contributed by atoms with Crippen LogP contribution in [0.2, 0.25) is 0 Å². The summed E-state index contributed by atoms with van der Waals surface area (Å²) in [5.74, 6) is -0.115. The van der Waals surface area contributed by atoms with Crippen LogP contribution in [0.4, 0.5) is 5.69 Å². The lowest BCUT2D eigenvalue weighted by molar-refractivity contribution is -0.144. The Morgan fingerprint density at radius 2 is 1.67 bits per heavy atom. The average molecular weight is 452 g/mol. The molecule has 0 bridgehead atoms. The maximum absolute atomic E-state index is 12.1. The molecule has 4 N–H and O–H groups in total.